The number of fused-ring (bicyclic) bond motifs is 1. The lowest BCUT2D eigenvalue weighted by Gasteiger charge is -2.20. The summed E-state index contributed by atoms with van der Waals surface area (Å²) in [5.41, 5.74) is 2.80. The Bertz CT molecular complexity index is 917. The highest BCUT2D eigenvalue weighted by Crippen LogP contribution is 2.28. The first-order valence-corrected chi connectivity index (χ1v) is 8.89. The van der Waals surface area contributed by atoms with Crippen molar-refractivity contribution in [2.45, 2.75) is 19.9 Å². The van der Waals surface area contributed by atoms with Gasteiger partial charge in [-0.15, -0.1) is 16.4 Å². The van der Waals surface area contributed by atoms with Crippen LogP contribution in [0.2, 0.25) is 0 Å². The van der Waals surface area contributed by atoms with E-state index in [0.717, 1.165) is 30.9 Å². The number of benzene rings is 1. The number of anilines is 1. The molecule has 0 saturated heterocycles. The van der Waals surface area contributed by atoms with Crippen molar-refractivity contribution in [3.8, 4) is 5.69 Å². The van der Waals surface area contributed by atoms with Crippen LogP contribution in [0, 0.1) is 6.92 Å². The molecule has 1 aromatic carbocycles. The zero-order valence-corrected chi connectivity index (χ0v) is 14.9. The average Bonchev–Trinajstić information content (AvgIpc) is 3.18. The number of thiazole rings is 1. The smallest absolute Gasteiger partial charge is 0.279 e. The molecule has 0 aliphatic carbocycles. The predicted molar refractivity (Wildman–Crippen MR) is 96.2 cm³/mol. The van der Waals surface area contributed by atoms with Crippen molar-refractivity contribution in [2.24, 2.45) is 0 Å². The summed E-state index contributed by atoms with van der Waals surface area (Å²) in [5, 5.41) is 12.2. The summed E-state index contributed by atoms with van der Waals surface area (Å²) in [6.45, 7) is 3.66. The molecule has 0 fully saturated rings. The van der Waals surface area contributed by atoms with Crippen LogP contribution >= 0.6 is 11.3 Å². The minimum Gasteiger partial charge on any atom is -0.301 e. The van der Waals surface area contributed by atoms with Crippen molar-refractivity contribution in [1.29, 1.82) is 0 Å². The molecule has 1 aliphatic heterocycles. The molecular formula is C17H18N6OS. The van der Waals surface area contributed by atoms with Gasteiger partial charge >= 0.3 is 0 Å². The number of rotatable bonds is 3. The van der Waals surface area contributed by atoms with E-state index < -0.39 is 0 Å². The van der Waals surface area contributed by atoms with Crippen LogP contribution in [0.1, 0.15) is 26.8 Å². The van der Waals surface area contributed by atoms with Gasteiger partial charge in [0.05, 0.1) is 17.1 Å². The van der Waals surface area contributed by atoms with E-state index in [0.29, 0.717) is 16.5 Å². The van der Waals surface area contributed by atoms with Crippen LogP contribution in [-0.4, -0.2) is 44.4 Å². The molecule has 25 heavy (non-hydrogen) atoms. The number of likely N-dealkylation sites (N-methyl/N-ethyl adjacent to an activating group) is 1. The number of amides is 1. The first-order chi connectivity index (χ1) is 12.1. The molecule has 0 atom stereocenters. The second-order valence-corrected chi connectivity index (χ2v) is 7.17. The minimum absolute atomic E-state index is 0.279. The highest BCUT2D eigenvalue weighted by atomic mass is 32.1. The van der Waals surface area contributed by atoms with Crippen LogP contribution in [-0.2, 0) is 13.0 Å². The fourth-order valence-corrected chi connectivity index (χ4v) is 3.88. The van der Waals surface area contributed by atoms with Crippen molar-refractivity contribution in [3.05, 3.63) is 52.3 Å². The minimum atomic E-state index is -0.279. The van der Waals surface area contributed by atoms with Gasteiger partial charge in [0.1, 0.15) is 0 Å². The van der Waals surface area contributed by atoms with Crippen molar-refractivity contribution in [3.63, 3.8) is 0 Å². The van der Waals surface area contributed by atoms with Crippen LogP contribution < -0.4 is 5.32 Å². The predicted octanol–water partition coefficient (Wildman–Crippen LogP) is 2.27. The lowest BCUT2D eigenvalue weighted by Crippen LogP contribution is -2.25. The van der Waals surface area contributed by atoms with E-state index in [1.54, 1.807) is 6.92 Å². The second-order valence-electron chi connectivity index (χ2n) is 6.09. The number of carbonyl (C=O) groups is 1. The van der Waals surface area contributed by atoms with E-state index in [-0.39, 0.29) is 5.91 Å². The van der Waals surface area contributed by atoms with Crippen LogP contribution in [0.25, 0.3) is 5.69 Å². The Labute approximate surface area is 149 Å². The van der Waals surface area contributed by atoms with Gasteiger partial charge in [-0.3, -0.25) is 10.1 Å². The molecule has 7 nitrogen and oxygen atoms in total. The lowest BCUT2D eigenvalue weighted by molar-refractivity contribution is 0.102. The number of aromatic nitrogens is 4. The Kier molecular flexibility index (Phi) is 4.06. The molecule has 0 spiro atoms. The maximum absolute atomic E-state index is 12.6. The second kappa shape index (κ2) is 6.38. The molecule has 3 heterocycles. The maximum Gasteiger partial charge on any atom is 0.279 e. The largest absolute Gasteiger partial charge is 0.301 e. The topological polar surface area (TPSA) is 75.9 Å². The van der Waals surface area contributed by atoms with Crippen LogP contribution in [0.3, 0.4) is 0 Å². The molecule has 4 rings (SSSR count). The Hall–Kier alpha value is -2.58. The van der Waals surface area contributed by atoms with Gasteiger partial charge in [-0.1, -0.05) is 18.2 Å². The Morgan fingerprint density at radius 1 is 1.24 bits per heavy atom. The summed E-state index contributed by atoms with van der Waals surface area (Å²) >= 11 is 1.53. The van der Waals surface area contributed by atoms with Crippen molar-refractivity contribution in [2.75, 3.05) is 18.9 Å². The standard InChI is InChI=1S/C17H18N6OS/c1-11-15(21-23(20-11)12-6-4-3-5-7-12)16(24)19-17-18-13-8-9-22(2)10-14(13)25-17/h3-7H,8-10H2,1-2H3,(H,18,19,24). The molecule has 2 aromatic heterocycles. The summed E-state index contributed by atoms with van der Waals surface area (Å²) in [6, 6.07) is 9.53. The van der Waals surface area contributed by atoms with Crippen molar-refractivity contribution >= 4 is 22.4 Å². The van der Waals surface area contributed by atoms with Gasteiger partial charge in [0.15, 0.2) is 10.8 Å². The third-order valence-electron chi connectivity index (χ3n) is 4.13. The summed E-state index contributed by atoms with van der Waals surface area (Å²) in [6.07, 6.45) is 0.918. The molecule has 8 heteroatoms. The van der Waals surface area contributed by atoms with E-state index >= 15 is 0 Å². The number of hydrogen-bond donors (Lipinski definition) is 1. The number of nitrogens with one attached hydrogen (secondary N) is 1. The summed E-state index contributed by atoms with van der Waals surface area (Å²) < 4.78 is 0. The first-order valence-electron chi connectivity index (χ1n) is 8.08. The quantitative estimate of drug-likeness (QED) is 0.781. The van der Waals surface area contributed by atoms with Crippen LogP contribution in [0.4, 0.5) is 5.13 Å². The number of aryl methyl sites for hydroxylation is 1. The third-order valence-corrected chi connectivity index (χ3v) is 5.12. The molecule has 0 unspecified atom stereocenters. The van der Waals surface area contributed by atoms with Crippen LogP contribution in [0.5, 0.6) is 0 Å². The number of carbonyl (C=O) groups excluding carboxylic acids is 1. The maximum atomic E-state index is 12.6. The first kappa shape index (κ1) is 15.9. The van der Waals surface area contributed by atoms with Crippen LogP contribution in [0.15, 0.2) is 30.3 Å². The van der Waals surface area contributed by atoms with Gasteiger partial charge in [-0.25, -0.2) is 4.98 Å². The van der Waals surface area contributed by atoms with Gasteiger partial charge < -0.3 is 4.90 Å². The van der Waals surface area contributed by atoms with E-state index in [4.69, 9.17) is 0 Å². The highest BCUT2D eigenvalue weighted by molar-refractivity contribution is 7.15. The van der Waals surface area contributed by atoms with E-state index in [9.17, 15) is 4.79 Å². The molecule has 1 aliphatic rings. The molecule has 1 amide bonds. The Morgan fingerprint density at radius 2 is 2.04 bits per heavy atom. The number of para-hydroxylation sites is 1. The fourth-order valence-electron chi connectivity index (χ4n) is 2.80. The van der Waals surface area contributed by atoms with Crippen molar-refractivity contribution in [1.82, 2.24) is 24.9 Å². The fraction of sp³-hybridized carbons (Fsp3) is 0.294. The third kappa shape index (κ3) is 3.18. The van der Waals surface area contributed by atoms with E-state index in [1.165, 1.54) is 21.0 Å². The number of nitrogens with zero attached hydrogens (tertiary/aromatic N) is 5. The van der Waals surface area contributed by atoms with Gasteiger partial charge in [-0.2, -0.15) is 9.90 Å². The van der Waals surface area contributed by atoms with Gasteiger partial charge in [0.25, 0.3) is 5.91 Å². The molecule has 128 valence electrons. The summed E-state index contributed by atoms with van der Waals surface area (Å²) in [4.78, 5) is 22.1. The van der Waals surface area contributed by atoms with E-state index in [1.807, 2.05) is 30.3 Å². The van der Waals surface area contributed by atoms with Gasteiger partial charge in [-0.05, 0) is 26.1 Å². The zero-order valence-electron chi connectivity index (χ0n) is 14.1. The lowest BCUT2D eigenvalue weighted by atomic mass is 10.2. The normalized spacial score (nSPS) is 14.3. The zero-order chi connectivity index (χ0) is 17.4. The molecular weight excluding hydrogens is 336 g/mol. The Morgan fingerprint density at radius 3 is 2.84 bits per heavy atom. The van der Waals surface area contributed by atoms with Gasteiger partial charge in [0, 0.05) is 24.4 Å². The molecule has 0 saturated carbocycles. The highest BCUT2D eigenvalue weighted by Gasteiger charge is 2.21. The average molecular weight is 354 g/mol. The molecule has 1 N–H and O–H groups in total. The SMILES string of the molecule is Cc1nn(-c2ccccc2)nc1C(=O)Nc1nc2c(s1)CN(C)CC2. The molecule has 3 aromatic rings. The van der Waals surface area contributed by atoms with Crippen molar-refractivity contribution < 1.29 is 4.79 Å². The summed E-state index contributed by atoms with van der Waals surface area (Å²) in [5.74, 6) is -0.279. The monoisotopic (exact) mass is 354 g/mol. The van der Waals surface area contributed by atoms with Gasteiger partial charge in [0.2, 0.25) is 0 Å². The number of hydrogen-bond acceptors (Lipinski definition) is 6. The summed E-state index contributed by atoms with van der Waals surface area (Å²) in [7, 11) is 2.09. The molecule has 0 bridgehead atoms. The molecule has 0 radical (unpaired) electrons. The van der Waals surface area contributed by atoms with E-state index in [2.05, 4.69) is 32.4 Å². The Balaban J connectivity index is 1.55.